The molecule has 0 bridgehead atoms. The first-order chi connectivity index (χ1) is 9.88. The molecule has 1 rings (SSSR count). The average molecular weight is 313 g/mol. The van der Waals surface area contributed by atoms with Crippen LogP contribution in [0.5, 0.6) is 0 Å². The molecule has 120 valence electrons. The zero-order valence-corrected chi connectivity index (χ0v) is 14.2. The van der Waals surface area contributed by atoms with E-state index in [1.807, 2.05) is 20.0 Å². The molecule has 5 nitrogen and oxygen atoms in total. The molecule has 0 radical (unpaired) electrons. The van der Waals surface area contributed by atoms with Crippen LogP contribution in [0.1, 0.15) is 27.2 Å². The molecule has 0 unspecified atom stereocenters. The fourth-order valence-corrected chi connectivity index (χ4v) is 3.00. The SMILES string of the molecule is CCCNc1ccccc1S(=O)(=O)NCCN(C)C(C)C. The molecule has 0 aliphatic carbocycles. The van der Waals surface area contributed by atoms with Crippen LogP contribution in [-0.4, -0.2) is 46.0 Å². The second kappa shape index (κ2) is 8.36. The van der Waals surface area contributed by atoms with Gasteiger partial charge in [0.1, 0.15) is 4.90 Å². The molecule has 0 spiro atoms. The Labute approximate surface area is 128 Å². The van der Waals surface area contributed by atoms with Gasteiger partial charge < -0.3 is 10.2 Å². The Morgan fingerprint density at radius 2 is 1.86 bits per heavy atom. The summed E-state index contributed by atoms with van der Waals surface area (Å²) in [6, 6.07) is 7.40. The van der Waals surface area contributed by atoms with Crippen molar-refractivity contribution >= 4 is 15.7 Å². The minimum atomic E-state index is -3.48. The molecule has 21 heavy (non-hydrogen) atoms. The highest BCUT2D eigenvalue weighted by molar-refractivity contribution is 7.89. The first-order valence-electron chi connectivity index (χ1n) is 7.41. The van der Waals surface area contributed by atoms with Crippen molar-refractivity contribution in [1.82, 2.24) is 9.62 Å². The Bertz CT molecular complexity index is 529. The lowest BCUT2D eigenvalue weighted by Gasteiger charge is -2.21. The van der Waals surface area contributed by atoms with E-state index in [2.05, 4.69) is 28.8 Å². The molecule has 0 atom stereocenters. The summed E-state index contributed by atoms with van der Waals surface area (Å²) in [7, 11) is -1.50. The zero-order chi connectivity index (χ0) is 15.9. The predicted molar refractivity (Wildman–Crippen MR) is 88.2 cm³/mol. The van der Waals surface area contributed by atoms with Gasteiger partial charge in [0.15, 0.2) is 0 Å². The number of nitrogens with zero attached hydrogens (tertiary/aromatic N) is 1. The van der Waals surface area contributed by atoms with Gasteiger partial charge in [-0.1, -0.05) is 19.1 Å². The smallest absolute Gasteiger partial charge is 0.242 e. The molecule has 1 aromatic rings. The van der Waals surface area contributed by atoms with Crippen LogP contribution in [-0.2, 0) is 10.0 Å². The summed E-state index contributed by atoms with van der Waals surface area (Å²) in [5.41, 5.74) is 0.657. The Balaban J connectivity index is 2.74. The number of hydrogen-bond acceptors (Lipinski definition) is 4. The molecule has 6 heteroatoms. The molecule has 0 aliphatic rings. The Kier molecular flexibility index (Phi) is 7.14. The van der Waals surface area contributed by atoms with Crippen LogP contribution >= 0.6 is 0 Å². The maximum absolute atomic E-state index is 12.4. The van der Waals surface area contributed by atoms with E-state index in [1.165, 1.54) is 0 Å². The molecule has 1 aromatic carbocycles. The molecular weight excluding hydrogens is 286 g/mol. The second-order valence-corrected chi connectivity index (χ2v) is 7.13. The second-order valence-electron chi connectivity index (χ2n) is 5.40. The molecule has 2 N–H and O–H groups in total. The number of hydrogen-bond donors (Lipinski definition) is 2. The normalized spacial score (nSPS) is 12.1. The number of rotatable bonds is 9. The first-order valence-corrected chi connectivity index (χ1v) is 8.89. The molecule has 0 saturated carbocycles. The molecule has 0 fully saturated rings. The van der Waals surface area contributed by atoms with Gasteiger partial charge in [-0.2, -0.15) is 0 Å². The van der Waals surface area contributed by atoms with Crippen LogP contribution in [0, 0.1) is 0 Å². The number of sulfonamides is 1. The van der Waals surface area contributed by atoms with Crippen molar-refractivity contribution in [3.05, 3.63) is 24.3 Å². The predicted octanol–water partition coefficient (Wildman–Crippen LogP) is 2.13. The van der Waals surface area contributed by atoms with Crippen molar-refractivity contribution in [3.8, 4) is 0 Å². The van der Waals surface area contributed by atoms with Crippen molar-refractivity contribution in [3.63, 3.8) is 0 Å². The van der Waals surface area contributed by atoms with E-state index in [9.17, 15) is 8.42 Å². The standard InChI is InChI=1S/C15H27N3O2S/c1-5-10-16-14-8-6-7-9-15(14)21(19,20)17-11-12-18(4)13(2)3/h6-9,13,16-17H,5,10-12H2,1-4H3. The summed E-state index contributed by atoms with van der Waals surface area (Å²) in [4.78, 5) is 2.41. The van der Waals surface area contributed by atoms with Gasteiger partial charge in [-0.15, -0.1) is 0 Å². The zero-order valence-electron chi connectivity index (χ0n) is 13.4. The fourth-order valence-electron chi connectivity index (χ4n) is 1.80. The summed E-state index contributed by atoms with van der Waals surface area (Å²) in [6.45, 7) is 8.05. The molecular formula is C15H27N3O2S. The number of benzene rings is 1. The quantitative estimate of drug-likeness (QED) is 0.733. The highest BCUT2D eigenvalue weighted by atomic mass is 32.2. The van der Waals surface area contributed by atoms with E-state index in [0.29, 0.717) is 29.7 Å². The number of para-hydroxylation sites is 1. The monoisotopic (exact) mass is 313 g/mol. The van der Waals surface area contributed by atoms with E-state index in [-0.39, 0.29) is 0 Å². The Morgan fingerprint density at radius 3 is 2.48 bits per heavy atom. The topological polar surface area (TPSA) is 61.4 Å². The van der Waals surface area contributed by atoms with Gasteiger partial charge in [0.05, 0.1) is 5.69 Å². The summed E-state index contributed by atoms with van der Waals surface area (Å²) in [6.07, 6.45) is 0.945. The lowest BCUT2D eigenvalue weighted by Crippen LogP contribution is -2.36. The van der Waals surface area contributed by atoms with Crippen LogP contribution in [0.3, 0.4) is 0 Å². The minimum Gasteiger partial charge on any atom is -0.384 e. The third-order valence-electron chi connectivity index (χ3n) is 3.38. The molecule has 0 aliphatic heterocycles. The minimum absolute atomic E-state index is 0.311. The Morgan fingerprint density at radius 1 is 1.19 bits per heavy atom. The van der Waals surface area contributed by atoms with Crippen molar-refractivity contribution in [2.45, 2.75) is 38.1 Å². The van der Waals surface area contributed by atoms with Crippen molar-refractivity contribution in [1.29, 1.82) is 0 Å². The van der Waals surface area contributed by atoms with Crippen LogP contribution < -0.4 is 10.0 Å². The van der Waals surface area contributed by atoms with Gasteiger partial charge in [0, 0.05) is 25.7 Å². The van der Waals surface area contributed by atoms with Crippen LogP contribution in [0.25, 0.3) is 0 Å². The molecule has 0 saturated heterocycles. The van der Waals surface area contributed by atoms with Gasteiger partial charge >= 0.3 is 0 Å². The van der Waals surface area contributed by atoms with E-state index >= 15 is 0 Å². The van der Waals surface area contributed by atoms with Gasteiger partial charge in [-0.3, -0.25) is 0 Å². The number of likely N-dealkylation sites (N-methyl/N-ethyl adjacent to an activating group) is 1. The molecule has 0 heterocycles. The van der Waals surface area contributed by atoms with Gasteiger partial charge in [-0.05, 0) is 39.4 Å². The summed E-state index contributed by atoms with van der Waals surface area (Å²) in [5.74, 6) is 0. The van der Waals surface area contributed by atoms with E-state index < -0.39 is 10.0 Å². The molecule has 0 amide bonds. The lowest BCUT2D eigenvalue weighted by atomic mass is 10.3. The maximum atomic E-state index is 12.4. The van der Waals surface area contributed by atoms with Gasteiger partial charge in [0.2, 0.25) is 10.0 Å². The number of nitrogens with one attached hydrogen (secondary N) is 2. The lowest BCUT2D eigenvalue weighted by molar-refractivity contribution is 0.278. The van der Waals surface area contributed by atoms with Crippen molar-refractivity contribution < 1.29 is 8.42 Å². The van der Waals surface area contributed by atoms with E-state index in [4.69, 9.17) is 0 Å². The maximum Gasteiger partial charge on any atom is 0.242 e. The highest BCUT2D eigenvalue weighted by Crippen LogP contribution is 2.20. The van der Waals surface area contributed by atoms with Crippen LogP contribution in [0.2, 0.25) is 0 Å². The largest absolute Gasteiger partial charge is 0.384 e. The van der Waals surface area contributed by atoms with E-state index in [1.54, 1.807) is 18.2 Å². The van der Waals surface area contributed by atoms with Crippen molar-refractivity contribution in [2.75, 3.05) is 32.0 Å². The molecule has 0 aromatic heterocycles. The fraction of sp³-hybridized carbons (Fsp3) is 0.600. The third-order valence-corrected chi connectivity index (χ3v) is 4.90. The van der Waals surface area contributed by atoms with Gasteiger partial charge in [0.25, 0.3) is 0 Å². The highest BCUT2D eigenvalue weighted by Gasteiger charge is 2.17. The van der Waals surface area contributed by atoms with Crippen LogP contribution in [0.4, 0.5) is 5.69 Å². The van der Waals surface area contributed by atoms with E-state index in [0.717, 1.165) is 13.0 Å². The average Bonchev–Trinajstić information content (AvgIpc) is 2.45. The number of anilines is 1. The third kappa shape index (κ3) is 5.65. The van der Waals surface area contributed by atoms with Crippen molar-refractivity contribution in [2.24, 2.45) is 0 Å². The summed E-state index contributed by atoms with van der Waals surface area (Å²) >= 11 is 0. The summed E-state index contributed by atoms with van der Waals surface area (Å²) in [5, 5.41) is 3.16. The first kappa shape index (κ1) is 17.9. The Hall–Kier alpha value is -1.11. The summed E-state index contributed by atoms with van der Waals surface area (Å²) < 4.78 is 27.5. The van der Waals surface area contributed by atoms with Gasteiger partial charge in [-0.25, -0.2) is 13.1 Å². The van der Waals surface area contributed by atoms with Crippen LogP contribution in [0.15, 0.2) is 29.2 Å².